The molecule has 1 aromatic carbocycles. The van der Waals surface area contributed by atoms with Gasteiger partial charge in [-0.1, -0.05) is 29.3 Å². The molecule has 0 saturated carbocycles. The van der Waals surface area contributed by atoms with Crippen molar-refractivity contribution in [1.82, 2.24) is 19.6 Å². The molecule has 3 rings (SSSR count). The first-order chi connectivity index (χ1) is 12.9. The van der Waals surface area contributed by atoms with Crippen LogP contribution in [0.4, 0.5) is 11.4 Å². The summed E-state index contributed by atoms with van der Waals surface area (Å²) in [6.45, 7) is 0.709. The summed E-state index contributed by atoms with van der Waals surface area (Å²) in [7, 11) is 0. The van der Waals surface area contributed by atoms with Crippen LogP contribution >= 0.6 is 23.2 Å². The molecule has 3 aromatic rings. The molecule has 1 N–H and O–H groups in total. The number of aromatic nitrogens is 4. The van der Waals surface area contributed by atoms with Crippen molar-refractivity contribution < 1.29 is 9.72 Å². The van der Waals surface area contributed by atoms with Gasteiger partial charge in [0.2, 0.25) is 5.91 Å². The maximum Gasteiger partial charge on any atom is 0.306 e. The second-order valence-corrected chi connectivity index (χ2v) is 6.51. The minimum Gasteiger partial charge on any atom is -0.323 e. The highest BCUT2D eigenvalue weighted by Gasteiger charge is 2.10. The van der Waals surface area contributed by atoms with Crippen molar-refractivity contribution in [1.29, 1.82) is 0 Å². The lowest BCUT2D eigenvalue weighted by molar-refractivity contribution is -0.385. The molecule has 140 valence electrons. The number of aryl methyl sites for hydroxylation is 1. The first kappa shape index (κ1) is 18.9. The Morgan fingerprint density at radius 2 is 1.93 bits per heavy atom. The van der Waals surface area contributed by atoms with Gasteiger partial charge in [0, 0.05) is 19.2 Å². The monoisotopic (exact) mass is 408 g/mol. The van der Waals surface area contributed by atoms with Gasteiger partial charge in [-0.25, -0.2) is 0 Å². The van der Waals surface area contributed by atoms with Crippen LogP contribution in [-0.4, -0.2) is 30.4 Å². The second-order valence-electron chi connectivity index (χ2n) is 5.69. The van der Waals surface area contributed by atoms with Crippen LogP contribution in [0, 0.1) is 10.1 Å². The Labute approximate surface area is 163 Å². The van der Waals surface area contributed by atoms with E-state index in [1.54, 1.807) is 23.0 Å². The van der Waals surface area contributed by atoms with Gasteiger partial charge in [0.15, 0.2) is 0 Å². The van der Waals surface area contributed by atoms with Crippen molar-refractivity contribution in [3.63, 3.8) is 0 Å². The molecule has 0 radical (unpaired) electrons. The summed E-state index contributed by atoms with van der Waals surface area (Å²) in [6, 6.07) is 5.32. The minimum atomic E-state index is -0.536. The molecule has 0 fully saturated rings. The van der Waals surface area contributed by atoms with Gasteiger partial charge < -0.3 is 5.32 Å². The Morgan fingerprint density at radius 3 is 2.63 bits per heavy atom. The van der Waals surface area contributed by atoms with Crippen LogP contribution in [-0.2, 0) is 17.9 Å². The maximum absolute atomic E-state index is 12.0. The van der Waals surface area contributed by atoms with Gasteiger partial charge in [0.05, 0.1) is 33.4 Å². The largest absolute Gasteiger partial charge is 0.323 e. The van der Waals surface area contributed by atoms with Crippen molar-refractivity contribution in [2.75, 3.05) is 5.32 Å². The number of anilines is 1. The molecule has 2 aromatic heterocycles. The lowest BCUT2D eigenvalue weighted by Crippen LogP contribution is -2.14. The van der Waals surface area contributed by atoms with Crippen LogP contribution in [0.25, 0.3) is 0 Å². The number of nitrogens with zero attached hydrogens (tertiary/aromatic N) is 5. The van der Waals surface area contributed by atoms with E-state index < -0.39 is 4.92 Å². The third-order valence-electron chi connectivity index (χ3n) is 3.64. The van der Waals surface area contributed by atoms with Gasteiger partial charge >= 0.3 is 5.69 Å². The Hall–Kier alpha value is -2.91. The summed E-state index contributed by atoms with van der Waals surface area (Å²) in [5, 5.41) is 22.3. The SMILES string of the molecule is O=C(CCn1cc([N+](=O)[O-])cn1)Nc1cnn(Cc2ccc(Cl)c(Cl)c2)c1. The molecule has 0 aliphatic heterocycles. The average Bonchev–Trinajstić information content (AvgIpc) is 3.26. The van der Waals surface area contributed by atoms with Gasteiger partial charge in [-0.15, -0.1) is 0 Å². The Bertz CT molecular complexity index is 984. The quantitative estimate of drug-likeness (QED) is 0.476. The normalized spacial score (nSPS) is 10.7. The minimum absolute atomic E-state index is 0.112. The number of hydrogen-bond donors (Lipinski definition) is 1. The van der Waals surface area contributed by atoms with E-state index >= 15 is 0 Å². The van der Waals surface area contributed by atoms with Crippen LogP contribution in [0.2, 0.25) is 10.0 Å². The van der Waals surface area contributed by atoms with Crippen molar-refractivity contribution in [3.05, 3.63) is 68.7 Å². The molecule has 0 aliphatic carbocycles. The number of nitrogens with one attached hydrogen (secondary N) is 1. The molecule has 11 heteroatoms. The van der Waals surface area contributed by atoms with E-state index in [1.807, 2.05) is 6.07 Å². The standard InChI is InChI=1S/C16H14Cl2N6O3/c17-14-2-1-11(5-15(14)18)8-23-9-12(6-19-23)21-16(25)3-4-22-10-13(7-20-22)24(26)27/h1-2,5-7,9-10H,3-4,8H2,(H,21,25). The number of hydrogen-bond acceptors (Lipinski definition) is 5. The summed E-state index contributed by atoms with van der Waals surface area (Å²) in [4.78, 5) is 22.1. The molecule has 1 amide bonds. The van der Waals surface area contributed by atoms with Gasteiger partial charge in [-0.3, -0.25) is 24.3 Å². The van der Waals surface area contributed by atoms with Crippen LogP contribution in [0.3, 0.4) is 0 Å². The first-order valence-electron chi connectivity index (χ1n) is 7.84. The molecule has 27 heavy (non-hydrogen) atoms. The molecular formula is C16H14Cl2N6O3. The molecule has 0 bridgehead atoms. The van der Waals surface area contributed by atoms with Crippen molar-refractivity contribution in [3.8, 4) is 0 Å². The maximum atomic E-state index is 12.0. The Kier molecular flexibility index (Phi) is 5.72. The van der Waals surface area contributed by atoms with E-state index in [0.29, 0.717) is 22.3 Å². The number of amides is 1. The number of carbonyl (C=O) groups excluding carboxylic acids is 1. The van der Waals surface area contributed by atoms with E-state index in [9.17, 15) is 14.9 Å². The fraction of sp³-hybridized carbons (Fsp3) is 0.188. The Morgan fingerprint density at radius 1 is 1.15 bits per heavy atom. The molecule has 0 unspecified atom stereocenters. The van der Waals surface area contributed by atoms with Crippen molar-refractivity contribution >= 4 is 40.5 Å². The zero-order chi connectivity index (χ0) is 19.4. The number of nitro groups is 1. The Balaban J connectivity index is 1.52. The highest BCUT2D eigenvalue weighted by molar-refractivity contribution is 6.42. The van der Waals surface area contributed by atoms with Gasteiger partial charge in [0.25, 0.3) is 0 Å². The van der Waals surface area contributed by atoms with E-state index in [1.165, 1.54) is 17.1 Å². The zero-order valence-electron chi connectivity index (χ0n) is 13.9. The zero-order valence-corrected chi connectivity index (χ0v) is 15.4. The van der Waals surface area contributed by atoms with E-state index in [2.05, 4.69) is 15.5 Å². The van der Waals surface area contributed by atoms with E-state index in [-0.39, 0.29) is 24.6 Å². The summed E-state index contributed by atoms with van der Waals surface area (Å²) in [6.07, 6.45) is 5.78. The van der Waals surface area contributed by atoms with Gasteiger partial charge in [0.1, 0.15) is 12.4 Å². The fourth-order valence-electron chi connectivity index (χ4n) is 2.35. The highest BCUT2D eigenvalue weighted by atomic mass is 35.5. The third-order valence-corrected chi connectivity index (χ3v) is 4.38. The molecule has 0 atom stereocenters. The van der Waals surface area contributed by atoms with Crippen molar-refractivity contribution in [2.45, 2.75) is 19.5 Å². The topological polar surface area (TPSA) is 108 Å². The summed E-state index contributed by atoms with van der Waals surface area (Å²) in [5.74, 6) is -0.248. The lowest BCUT2D eigenvalue weighted by atomic mass is 10.2. The van der Waals surface area contributed by atoms with Crippen LogP contribution in [0.15, 0.2) is 43.0 Å². The first-order valence-corrected chi connectivity index (χ1v) is 8.59. The predicted octanol–water partition coefficient (Wildman–Crippen LogP) is 3.37. The van der Waals surface area contributed by atoms with E-state index in [0.717, 1.165) is 11.8 Å². The number of carbonyl (C=O) groups is 1. The van der Waals surface area contributed by atoms with E-state index in [4.69, 9.17) is 23.2 Å². The van der Waals surface area contributed by atoms with Crippen LogP contribution in [0.1, 0.15) is 12.0 Å². The van der Waals surface area contributed by atoms with Crippen LogP contribution < -0.4 is 5.32 Å². The molecule has 0 saturated heterocycles. The fourth-order valence-corrected chi connectivity index (χ4v) is 2.67. The van der Waals surface area contributed by atoms with Crippen molar-refractivity contribution in [2.24, 2.45) is 0 Å². The highest BCUT2D eigenvalue weighted by Crippen LogP contribution is 2.23. The second kappa shape index (κ2) is 8.19. The summed E-state index contributed by atoms with van der Waals surface area (Å²) >= 11 is 11.9. The number of halogens is 2. The smallest absolute Gasteiger partial charge is 0.306 e. The number of rotatable bonds is 7. The summed E-state index contributed by atoms with van der Waals surface area (Å²) < 4.78 is 3.01. The summed E-state index contributed by atoms with van der Waals surface area (Å²) in [5.41, 5.74) is 1.36. The third kappa shape index (κ3) is 5.05. The molecule has 9 nitrogen and oxygen atoms in total. The molecule has 2 heterocycles. The average molecular weight is 409 g/mol. The lowest BCUT2D eigenvalue weighted by Gasteiger charge is -2.04. The predicted molar refractivity (Wildman–Crippen MR) is 99.9 cm³/mol. The van der Waals surface area contributed by atoms with Gasteiger partial charge in [-0.05, 0) is 17.7 Å². The van der Waals surface area contributed by atoms with Gasteiger partial charge in [-0.2, -0.15) is 10.2 Å². The molecular weight excluding hydrogens is 395 g/mol. The van der Waals surface area contributed by atoms with Crippen LogP contribution in [0.5, 0.6) is 0 Å². The number of benzene rings is 1. The molecule has 0 spiro atoms. The molecule has 0 aliphatic rings.